The lowest BCUT2D eigenvalue weighted by atomic mass is 10.1. The fraction of sp³-hybridized carbons (Fsp3) is 0.143. The van der Waals surface area contributed by atoms with E-state index in [0.717, 1.165) is 38.0 Å². The number of anilines is 1. The Morgan fingerprint density at radius 2 is 1.95 bits per heavy atom. The van der Waals surface area contributed by atoms with E-state index in [1.54, 1.807) is 6.20 Å². The predicted molar refractivity (Wildman–Crippen MR) is 80.5 cm³/mol. The smallest absolute Gasteiger partial charge is 0.0744 e. The van der Waals surface area contributed by atoms with Crippen LogP contribution >= 0.6 is 15.9 Å². The molecule has 0 bridgehead atoms. The van der Waals surface area contributed by atoms with Crippen molar-refractivity contribution >= 4 is 32.4 Å². The molecule has 2 aromatic heterocycles. The van der Waals surface area contributed by atoms with Crippen molar-refractivity contribution < 1.29 is 0 Å². The molecule has 0 aliphatic rings. The van der Waals surface area contributed by atoms with E-state index >= 15 is 0 Å². The molecule has 0 amide bonds. The highest BCUT2D eigenvalue weighted by molar-refractivity contribution is 9.10. The van der Waals surface area contributed by atoms with Gasteiger partial charge in [0.05, 0.1) is 21.5 Å². The van der Waals surface area contributed by atoms with Crippen molar-refractivity contribution in [1.29, 1.82) is 0 Å². The molecule has 0 fully saturated rings. The fourth-order valence-electron chi connectivity index (χ4n) is 2.24. The van der Waals surface area contributed by atoms with Crippen LogP contribution < -0.4 is 5.73 Å². The van der Waals surface area contributed by atoms with Gasteiger partial charge in [-0.3, -0.25) is 4.98 Å². The van der Waals surface area contributed by atoms with Crippen LogP contribution in [0.3, 0.4) is 0 Å². The first-order valence-corrected chi connectivity index (χ1v) is 6.73. The second-order valence-electron chi connectivity index (χ2n) is 4.49. The largest absolute Gasteiger partial charge is 0.398 e. The van der Waals surface area contributed by atoms with Crippen LogP contribution in [0.25, 0.3) is 16.5 Å². The zero-order chi connectivity index (χ0) is 13.6. The predicted octanol–water partition coefficient (Wildman–Crippen LogP) is 3.38. The number of aryl methyl sites for hydroxylation is 1. The molecule has 19 heavy (non-hydrogen) atoms. The Balaban J connectivity index is 2.37. The first-order chi connectivity index (χ1) is 9.09. The first-order valence-electron chi connectivity index (χ1n) is 5.94. The average molecular weight is 317 g/mol. The van der Waals surface area contributed by atoms with Gasteiger partial charge in [-0.05, 0) is 48.0 Å². The van der Waals surface area contributed by atoms with Gasteiger partial charge in [0, 0.05) is 28.9 Å². The number of nitrogens with zero attached hydrogens (tertiary/aromatic N) is 3. The Labute approximate surface area is 119 Å². The molecule has 4 nitrogen and oxygen atoms in total. The molecule has 0 atom stereocenters. The Hall–Kier alpha value is -1.88. The summed E-state index contributed by atoms with van der Waals surface area (Å²) < 4.78 is 2.95. The summed E-state index contributed by atoms with van der Waals surface area (Å²) in [5, 5.41) is 6.56. The number of benzene rings is 1. The van der Waals surface area contributed by atoms with Gasteiger partial charge in [0.2, 0.25) is 0 Å². The van der Waals surface area contributed by atoms with Gasteiger partial charge in [0.15, 0.2) is 0 Å². The standard InChI is InChI=1S/C14H13BrN4/c1-8-14(15)9(2)19(18-8)13-4-3-12(16)10-5-6-17-7-11(10)13/h3-7H,16H2,1-2H3. The number of hydrogen-bond donors (Lipinski definition) is 1. The molecule has 0 saturated heterocycles. The second kappa shape index (κ2) is 4.35. The minimum absolute atomic E-state index is 0.752. The molecule has 3 aromatic rings. The molecule has 0 unspecified atom stereocenters. The van der Waals surface area contributed by atoms with E-state index in [-0.39, 0.29) is 0 Å². The first kappa shape index (κ1) is 12.2. The maximum Gasteiger partial charge on any atom is 0.0744 e. The van der Waals surface area contributed by atoms with E-state index in [0.29, 0.717) is 0 Å². The van der Waals surface area contributed by atoms with Gasteiger partial charge in [-0.1, -0.05) is 0 Å². The van der Waals surface area contributed by atoms with Gasteiger partial charge in [0.25, 0.3) is 0 Å². The van der Waals surface area contributed by atoms with Gasteiger partial charge < -0.3 is 5.73 Å². The van der Waals surface area contributed by atoms with Crippen molar-refractivity contribution in [3.8, 4) is 5.69 Å². The van der Waals surface area contributed by atoms with E-state index in [1.165, 1.54) is 0 Å². The Bertz CT molecular complexity index is 776. The summed E-state index contributed by atoms with van der Waals surface area (Å²) in [7, 11) is 0. The molecule has 0 saturated carbocycles. The van der Waals surface area contributed by atoms with E-state index in [2.05, 4.69) is 26.0 Å². The molecule has 3 rings (SSSR count). The van der Waals surface area contributed by atoms with Crippen LogP contribution in [0, 0.1) is 13.8 Å². The zero-order valence-electron chi connectivity index (χ0n) is 10.7. The highest BCUT2D eigenvalue weighted by Crippen LogP contribution is 2.29. The van der Waals surface area contributed by atoms with Crippen molar-refractivity contribution in [3.63, 3.8) is 0 Å². The molecule has 96 valence electrons. The highest BCUT2D eigenvalue weighted by atomic mass is 79.9. The van der Waals surface area contributed by atoms with Gasteiger partial charge in [0.1, 0.15) is 0 Å². The van der Waals surface area contributed by atoms with Gasteiger partial charge in [-0.25, -0.2) is 4.68 Å². The van der Waals surface area contributed by atoms with Crippen LogP contribution in [-0.2, 0) is 0 Å². The maximum absolute atomic E-state index is 6.01. The van der Waals surface area contributed by atoms with Crippen LogP contribution in [0.2, 0.25) is 0 Å². The molecule has 0 radical (unpaired) electrons. The van der Waals surface area contributed by atoms with Gasteiger partial charge in [-0.15, -0.1) is 0 Å². The summed E-state index contributed by atoms with van der Waals surface area (Å²) in [5.74, 6) is 0. The number of aromatic nitrogens is 3. The number of nitrogen functional groups attached to an aromatic ring is 1. The third kappa shape index (κ3) is 1.81. The fourth-order valence-corrected chi connectivity index (χ4v) is 2.49. The highest BCUT2D eigenvalue weighted by Gasteiger charge is 2.13. The van der Waals surface area contributed by atoms with Gasteiger partial charge >= 0.3 is 0 Å². The van der Waals surface area contributed by atoms with Crippen LogP contribution in [0.4, 0.5) is 5.69 Å². The van der Waals surface area contributed by atoms with Crippen LogP contribution in [0.1, 0.15) is 11.4 Å². The topological polar surface area (TPSA) is 56.7 Å². The third-order valence-electron chi connectivity index (χ3n) is 3.26. The molecule has 2 heterocycles. The summed E-state index contributed by atoms with van der Waals surface area (Å²) >= 11 is 3.55. The SMILES string of the molecule is Cc1nn(-c2ccc(N)c3ccncc23)c(C)c1Br. The Morgan fingerprint density at radius 3 is 2.63 bits per heavy atom. The van der Waals surface area contributed by atoms with Crippen LogP contribution in [-0.4, -0.2) is 14.8 Å². The summed E-state index contributed by atoms with van der Waals surface area (Å²) in [4.78, 5) is 4.19. The zero-order valence-corrected chi connectivity index (χ0v) is 12.3. The molecular weight excluding hydrogens is 304 g/mol. The van der Waals surface area contributed by atoms with Crippen molar-refractivity contribution in [3.05, 3.63) is 46.5 Å². The number of hydrogen-bond acceptors (Lipinski definition) is 3. The minimum Gasteiger partial charge on any atom is -0.398 e. The number of fused-ring (bicyclic) bond motifs is 1. The Kier molecular flexibility index (Phi) is 2.78. The molecular formula is C14H13BrN4. The van der Waals surface area contributed by atoms with E-state index in [9.17, 15) is 0 Å². The monoisotopic (exact) mass is 316 g/mol. The molecule has 1 aromatic carbocycles. The number of rotatable bonds is 1. The van der Waals surface area contributed by atoms with E-state index in [1.807, 2.05) is 42.9 Å². The van der Waals surface area contributed by atoms with Crippen molar-refractivity contribution in [2.24, 2.45) is 0 Å². The molecule has 0 spiro atoms. The van der Waals surface area contributed by atoms with Crippen molar-refractivity contribution in [1.82, 2.24) is 14.8 Å². The number of halogens is 1. The average Bonchev–Trinajstić information content (AvgIpc) is 2.67. The summed E-state index contributed by atoms with van der Waals surface area (Å²) in [6, 6.07) is 5.81. The van der Waals surface area contributed by atoms with E-state index < -0.39 is 0 Å². The lowest BCUT2D eigenvalue weighted by Crippen LogP contribution is -2.01. The molecule has 0 aliphatic carbocycles. The van der Waals surface area contributed by atoms with Crippen molar-refractivity contribution in [2.45, 2.75) is 13.8 Å². The summed E-state index contributed by atoms with van der Waals surface area (Å²) in [6.45, 7) is 4.01. The van der Waals surface area contributed by atoms with Crippen molar-refractivity contribution in [2.75, 3.05) is 5.73 Å². The van der Waals surface area contributed by atoms with Crippen LogP contribution in [0.5, 0.6) is 0 Å². The van der Waals surface area contributed by atoms with Gasteiger partial charge in [-0.2, -0.15) is 5.10 Å². The second-order valence-corrected chi connectivity index (χ2v) is 5.28. The number of pyridine rings is 1. The van der Waals surface area contributed by atoms with Crippen LogP contribution in [0.15, 0.2) is 35.1 Å². The molecule has 2 N–H and O–H groups in total. The third-order valence-corrected chi connectivity index (χ3v) is 4.41. The lowest BCUT2D eigenvalue weighted by molar-refractivity contribution is 0.839. The maximum atomic E-state index is 6.01. The quantitative estimate of drug-likeness (QED) is 0.700. The minimum atomic E-state index is 0.752. The summed E-state index contributed by atoms with van der Waals surface area (Å²) in [6.07, 6.45) is 3.57. The Morgan fingerprint density at radius 1 is 1.16 bits per heavy atom. The van der Waals surface area contributed by atoms with E-state index in [4.69, 9.17) is 5.73 Å². The normalized spacial score (nSPS) is 11.1. The molecule has 5 heteroatoms. The number of nitrogens with two attached hydrogens (primary N) is 1. The molecule has 0 aliphatic heterocycles. The summed E-state index contributed by atoms with van der Waals surface area (Å²) in [5.41, 5.74) is 9.78. The lowest BCUT2D eigenvalue weighted by Gasteiger charge is -2.10.